The number of aliphatic hydroxyl groups is 1. The molecule has 2 fully saturated rings. The van der Waals surface area contributed by atoms with E-state index in [1.165, 1.54) is 32.1 Å². The number of aliphatic hydroxyl groups excluding tert-OH is 1. The maximum absolute atomic E-state index is 12.4. The molecule has 0 spiro atoms. The number of aromatic nitrogens is 3. The lowest BCUT2D eigenvalue weighted by atomic mass is 9.91. The summed E-state index contributed by atoms with van der Waals surface area (Å²) >= 11 is 12.1. The van der Waals surface area contributed by atoms with Crippen molar-refractivity contribution in [1.82, 2.24) is 19.9 Å². The van der Waals surface area contributed by atoms with Crippen molar-refractivity contribution in [1.29, 1.82) is 0 Å². The van der Waals surface area contributed by atoms with E-state index in [2.05, 4.69) is 40.4 Å². The first-order chi connectivity index (χ1) is 19.9. The Hall–Kier alpha value is -3.25. The van der Waals surface area contributed by atoms with E-state index in [9.17, 15) is 9.90 Å². The Morgan fingerprint density at radius 2 is 1.71 bits per heavy atom. The molecule has 2 aliphatic rings. The van der Waals surface area contributed by atoms with Gasteiger partial charge in [-0.1, -0.05) is 68.3 Å². The highest BCUT2D eigenvalue weighted by Crippen LogP contribution is 2.23. The molecular formula is C31H40Cl2N6O2. The second kappa shape index (κ2) is 16.9. The molecule has 1 aliphatic heterocycles. The van der Waals surface area contributed by atoms with Crippen LogP contribution >= 0.6 is 23.2 Å². The van der Waals surface area contributed by atoms with Crippen molar-refractivity contribution in [3.8, 4) is 18.7 Å². The van der Waals surface area contributed by atoms with Gasteiger partial charge in [0.05, 0.1) is 12.6 Å². The summed E-state index contributed by atoms with van der Waals surface area (Å²) < 4.78 is 1.89. The Labute approximate surface area is 253 Å². The zero-order valence-corrected chi connectivity index (χ0v) is 25.1. The molecule has 1 aromatic carbocycles. The Kier molecular flexibility index (Phi) is 13.3. The Morgan fingerprint density at radius 1 is 1.02 bits per heavy atom. The molecule has 2 aromatic heterocycles. The van der Waals surface area contributed by atoms with Crippen LogP contribution in [0.1, 0.15) is 57.4 Å². The summed E-state index contributed by atoms with van der Waals surface area (Å²) in [6.07, 6.45) is 20.3. The molecule has 1 aliphatic carbocycles. The topological polar surface area (TPSA) is 95.3 Å². The Morgan fingerprint density at radius 3 is 2.32 bits per heavy atom. The van der Waals surface area contributed by atoms with E-state index in [0.29, 0.717) is 60.1 Å². The van der Waals surface area contributed by atoms with Crippen LogP contribution in [0, 0.1) is 18.8 Å². The van der Waals surface area contributed by atoms with Crippen LogP contribution in [0.15, 0.2) is 48.8 Å². The largest absolute Gasteiger partial charge is 0.393 e. The summed E-state index contributed by atoms with van der Waals surface area (Å²) in [5.74, 6) is 2.65. The molecule has 0 bridgehead atoms. The maximum atomic E-state index is 12.4. The highest BCUT2D eigenvalue weighted by Gasteiger charge is 2.20. The first kappa shape index (κ1) is 32.3. The van der Waals surface area contributed by atoms with Gasteiger partial charge in [-0.15, -0.1) is 12.8 Å². The number of hydrogen-bond donors (Lipinski definition) is 3. The van der Waals surface area contributed by atoms with Crippen LogP contribution in [-0.2, 0) is 11.3 Å². The minimum Gasteiger partial charge on any atom is -0.393 e. The molecule has 5 rings (SSSR count). The van der Waals surface area contributed by atoms with E-state index >= 15 is 0 Å². The number of carbonyl (C=O) groups excluding carboxylic acids is 1. The predicted molar refractivity (Wildman–Crippen MR) is 168 cm³/mol. The maximum Gasteiger partial charge on any atom is 0.239 e. The molecule has 1 saturated heterocycles. The van der Waals surface area contributed by atoms with E-state index in [-0.39, 0.29) is 18.6 Å². The molecule has 3 N–H and O–H groups in total. The fourth-order valence-electron chi connectivity index (χ4n) is 4.74. The monoisotopic (exact) mass is 598 g/mol. The van der Waals surface area contributed by atoms with E-state index in [0.717, 1.165) is 11.5 Å². The number of nitrogens with zero attached hydrogens (tertiary/aromatic N) is 4. The van der Waals surface area contributed by atoms with Crippen molar-refractivity contribution in [3.63, 3.8) is 0 Å². The van der Waals surface area contributed by atoms with Crippen molar-refractivity contribution in [3.05, 3.63) is 64.4 Å². The smallest absolute Gasteiger partial charge is 0.239 e. The fraction of sp³-hybridized carbons (Fsp3) is 0.452. The summed E-state index contributed by atoms with van der Waals surface area (Å²) in [5, 5.41) is 16.8. The second-order valence-electron chi connectivity index (χ2n) is 10.3. The zero-order chi connectivity index (χ0) is 29.6. The van der Waals surface area contributed by atoms with Crippen LogP contribution in [0.5, 0.6) is 0 Å². The van der Waals surface area contributed by atoms with Crippen LogP contribution < -0.4 is 15.5 Å². The van der Waals surface area contributed by atoms with Gasteiger partial charge >= 0.3 is 0 Å². The minimum absolute atomic E-state index is 0.0471. The molecule has 0 unspecified atom stereocenters. The normalized spacial score (nSPS) is 15.6. The average molecular weight is 600 g/mol. The van der Waals surface area contributed by atoms with Gasteiger partial charge in [-0.25, -0.2) is 0 Å². The van der Waals surface area contributed by atoms with Crippen LogP contribution in [-0.4, -0.2) is 51.3 Å². The molecule has 0 atom stereocenters. The van der Waals surface area contributed by atoms with Crippen molar-refractivity contribution in [2.75, 3.05) is 29.9 Å². The van der Waals surface area contributed by atoms with Gasteiger partial charge in [0.1, 0.15) is 11.6 Å². The van der Waals surface area contributed by atoms with E-state index in [1.54, 1.807) is 24.3 Å². The van der Waals surface area contributed by atoms with E-state index < -0.39 is 0 Å². The third-order valence-corrected chi connectivity index (χ3v) is 7.72. The number of amides is 1. The van der Waals surface area contributed by atoms with Gasteiger partial charge in [-0.2, -0.15) is 9.97 Å². The number of hydrogen-bond acceptors (Lipinski definition) is 6. The summed E-state index contributed by atoms with van der Waals surface area (Å²) in [7, 11) is 0. The van der Waals surface area contributed by atoms with Gasteiger partial charge in [-0.3, -0.25) is 4.79 Å². The predicted octanol–water partition coefficient (Wildman–Crippen LogP) is 6.10. The molecule has 3 heterocycles. The van der Waals surface area contributed by atoms with Gasteiger partial charge in [-0.05, 0) is 48.6 Å². The minimum atomic E-state index is -0.283. The summed E-state index contributed by atoms with van der Waals surface area (Å²) in [6.45, 7) is 4.07. The molecular weight excluding hydrogens is 559 g/mol. The van der Waals surface area contributed by atoms with Gasteiger partial charge in [0.25, 0.3) is 0 Å². The Bertz CT molecular complexity index is 1240. The lowest BCUT2D eigenvalue weighted by Gasteiger charge is -2.30. The molecule has 0 radical (unpaired) electrons. The SMILES string of the molecule is C#C.CC1CCCCC1.O=C(CNc1cc(-n2cccc2)nc(N2CCC(O)CC2)n1)NCc1ccc(Cl)cc1Cl. The number of terminal acetylenes is 1. The van der Waals surface area contributed by atoms with Crippen LogP contribution in [0.25, 0.3) is 5.82 Å². The van der Waals surface area contributed by atoms with Crippen LogP contribution in [0.2, 0.25) is 10.0 Å². The first-order valence-electron chi connectivity index (χ1n) is 14.1. The number of benzene rings is 1. The highest BCUT2D eigenvalue weighted by molar-refractivity contribution is 6.35. The number of piperidine rings is 1. The van der Waals surface area contributed by atoms with E-state index in [1.807, 2.05) is 34.0 Å². The highest BCUT2D eigenvalue weighted by atomic mass is 35.5. The van der Waals surface area contributed by atoms with Gasteiger partial charge in [0.2, 0.25) is 11.9 Å². The van der Waals surface area contributed by atoms with Crippen molar-refractivity contribution < 1.29 is 9.90 Å². The van der Waals surface area contributed by atoms with E-state index in [4.69, 9.17) is 23.2 Å². The zero-order valence-electron chi connectivity index (χ0n) is 23.6. The average Bonchev–Trinajstić information content (AvgIpc) is 3.53. The third kappa shape index (κ3) is 10.6. The molecule has 3 aromatic rings. The number of carbonyl (C=O) groups is 1. The molecule has 41 heavy (non-hydrogen) atoms. The lowest BCUT2D eigenvalue weighted by molar-refractivity contribution is -0.119. The molecule has 1 amide bonds. The van der Waals surface area contributed by atoms with Crippen molar-refractivity contribution in [2.45, 2.75) is 64.5 Å². The molecule has 10 heteroatoms. The van der Waals surface area contributed by atoms with Crippen LogP contribution in [0.4, 0.5) is 11.8 Å². The number of anilines is 2. The summed E-state index contributed by atoms with van der Waals surface area (Å²) in [5.41, 5.74) is 0.788. The molecule has 1 saturated carbocycles. The molecule has 8 nitrogen and oxygen atoms in total. The fourth-order valence-corrected chi connectivity index (χ4v) is 5.21. The Balaban J connectivity index is 0.000000443. The van der Waals surface area contributed by atoms with Crippen molar-refractivity contribution in [2.24, 2.45) is 5.92 Å². The van der Waals surface area contributed by atoms with Gasteiger partial charge in [0.15, 0.2) is 0 Å². The summed E-state index contributed by atoms with van der Waals surface area (Å²) in [6, 6.07) is 10.8. The summed E-state index contributed by atoms with van der Waals surface area (Å²) in [4.78, 5) is 23.7. The number of rotatable bonds is 7. The second-order valence-corrected chi connectivity index (χ2v) is 11.2. The van der Waals surface area contributed by atoms with Crippen molar-refractivity contribution >= 4 is 40.9 Å². The van der Waals surface area contributed by atoms with Gasteiger partial charge in [0, 0.05) is 48.1 Å². The lowest BCUT2D eigenvalue weighted by Crippen LogP contribution is -2.37. The first-order valence-corrected chi connectivity index (χ1v) is 14.9. The number of halogens is 2. The number of nitrogens with one attached hydrogen (secondary N) is 2. The van der Waals surface area contributed by atoms with Crippen LogP contribution in [0.3, 0.4) is 0 Å². The quantitative estimate of drug-likeness (QED) is 0.284. The third-order valence-electron chi connectivity index (χ3n) is 7.13. The molecule has 220 valence electrons. The van der Waals surface area contributed by atoms with Gasteiger partial charge < -0.3 is 25.2 Å². The standard InChI is InChI=1S/C22H24Cl2N6O2.C7H14.C2H2/c23-16-4-3-15(18(24)11-16)13-26-21(32)14-25-19-12-20(29-7-1-2-8-29)28-22(27-19)30-9-5-17(31)6-10-30;1-7-5-3-2-4-6-7;1-2/h1-4,7-8,11-12,17,31H,5-6,9-10,13-14H2,(H,26,32)(H,25,27,28);7H,2-6H2,1H3;1-2H.